The van der Waals surface area contributed by atoms with Crippen molar-refractivity contribution in [1.29, 1.82) is 0 Å². The number of carbonyl (C=O) groups is 2. The molecule has 1 aromatic heterocycles. The maximum absolute atomic E-state index is 12.6. The average Bonchev–Trinajstić information content (AvgIpc) is 2.79. The first-order valence-electron chi connectivity index (χ1n) is 7.06. The monoisotopic (exact) mass is 330 g/mol. The van der Waals surface area contributed by atoms with Crippen molar-refractivity contribution >= 4 is 17.8 Å². The molecule has 0 aliphatic carbocycles. The molecule has 0 saturated carbocycles. The largest absolute Gasteiger partial charge is 0.416 e. The lowest BCUT2D eigenvalue weighted by Gasteiger charge is -2.25. The van der Waals surface area contributed by atoms with Crippen LogP contribution >= 0.6 is 0 Å². The summed E-state index contributed by atoms with van der Waals surface area (Å²) in [5.41, 5.74) is -0.901. The van der Waals surface area contributed by atoms with E-state index in [9.17, 15) is 22.8 Å². The standard InChI is InChI=1S/C14H17F3N4O2/c1-8(2)10-6-19-13(23)21(10)7-12(22)20-11-5-9(3-4-18-11)14(15,16)17/h3-5,8,10H,6-7H2,1-2H3,(H,19,23)(H,18,20,22)/t10-/m1/s1. The minimum Gasteiger partial charge on any atom is -0.336 e. The van der Waals surface area contributed by atoms with Gasteiger partial charge in [-0.2, -0.15) is 13.2 Å². The molecular weight excluding hydrogens is 313 g/mol. The smallest absolute Gasteiger partial charge is 0.336 e. The number of amides is 3. The van der Waals surface area contributed by atoms with Crippen LogP contribution < -0.4 is 10.6 Å². The highest BCUT2D eigenvalue weighted by molar-refractivity contribution is 5.94. The zero-order chi connectivity index (χ0) is 17.2. The van der Waals surface area contributed by atoms with Crippen LogP contribution in [0.5, 0.6) is 0 Å². The van der Waals surface area contributed by atoms with Crippen LogP contribution in [0, 0.1) is 5.92 Å². The van der Waals surface area contributed by atoms with Gasteiger partial charge in [0.2, 0.25) is 5.91 Å². The first kappa shape index (κ1) is 17.0. The summed E-state index contributed by atoms with van der Waals surface area (Å²) in [6, 6.07) is 1.07. The lowest BCUT2D eigenvalue weighted by atomic mass is 10.0. The third-order valence-corrected chi connectivity index (χ3v) is 3.56. The predicted octanol–water partition coefficient (Wildman–Crippen LogP) is 2.09. The highest BCUT2D eigenvalue weighted by atomic mass is 19.4. The van der Waals surface area contributed by atoms with Crippen LogP contribution in [0.2, 0.25) is 0 Å². The number of aromatic nitrogens is 1. The molecule has 23 heavy (non-hydrogen) atoms. The molecule has 1 aromatic rings. The minimum atomic E-state index is -4.51. The first-order valence-corrected chi connectivity index (χ1v) is 7.06. The second-order valence-electron chi connectivity index (χ2n) is 5.60. The number of alkyl halides is 3. The second kappa shape index (κ2) is 6.43. The van der Waals surface area contributed by atoms with Crippen molar-refractivity contribution in [3.8, 4) is 0 Å². The van der Waals surface area contributed by atoms with Crippen LogP contribution in [0.3, 0.4) is 0 Å². The molecule has 1 fully saturated rings. The number of nitrogens with zero attached hydrogens (tertiary/aromatic N) is 2. The Morgan fingerprint density at radius 3 is 2.83 bits per heavy atom. The summed E-state index contributed by atoms with van der Waals surface area (Å²) in [6.45, 7) is 4.03. The van der Waals surface area contributed by atoms with Gasteiger partial charge in [0.05, 0.1) is 11.6 Å². The van der Waals surface area contributed by atoms with E-state index in [1.165, 1.54) is 4.90 Å². The molecule has 0 unspecified atom stereocenters. The predicted molar refractivity (Wildman–Crippen MR) is 76.6 cm³/mol. The maximum atomic E-state index is 12.6. The van der Waals surface area contributed by atoms with Crippen LogP contribution in [0.1, 0.15) is 19.4 Å². The molecule has 2 rings (SSSR count). The molecule has 6 nitrogen and oxygen atoms in total. The number of halogens is 3. The van der Waals surface area contributed by atoms with E-state index >= 15 is 0 Å². The maximum Gasteiger partial charge on any atom is 0.416 e. The van der Waals surface area contributed by atoms with Crippen LogP contribution in [0.25, 0.3) is 0 Å². The summed E-state index contributed by atoms with van der Waals surface area (Å²) >= 11 is 0. The van der Waals surface area contributed by atoms with Crippen LogP contribution in [-0.4, -0.2) is 41.0 Å². The van der Waals surface area contributed by atoms with Crippen molar-refractivity contribution in [2.45, 2.75) is 26.1 Å². The number of carbonyl (C=O) groups excluding carboxylic acids is 2. The van der Waals surface area contributed by atoms with E-state index in [1.807, 2.05) is 13.8 Å². The van der Waals surface area contributed by atoms with Crippen LogP contribution in [0.15, 0.2) is 18.3 Å². The van der Waals surface area contributed by atoms with Gasteiger partial charge in [-0.05, 0) is 18.1 Å². The fourth-order valence-corrected chi connectivity index (χ4v) is 2.35. The van der Waals surface area contributed by atoms with Gasteiger partial charge in [-0.3, -0.25) is 4.79 Å². The highest BCUT2D eigenvalue weighted by Gasteiger charge is 2.34. The Kier molecular flexibility index (Phi) is 4.76. The number of hydrogen-bond donors (Lipinski definition) is 2. The molecule has 0 spiro atoms. The minimum absolute atomic E-state index is 0.136. The Hall–Kier alpha value is -2.32. The molecule has 0 aromatic carbocycles. The molecule has 126 valence electrons. The van der Waals surface area contributed by atoms with Gasteiger partial charge in [0.25, 0.3) is 0 Å². The molecule has 1 saturated heterocycles. The van der Waals surface area contributed by atoms with Gasteiger partial charge in [-0.1, -0.05) is 13.8 Å². The topological polar surface area (TPSA) is 74.3 Å². The fraction of sp³-hybridized carbons (Fsp3) is 0.500. The summed E-state index contributed by atoms with van der Waals surface area (Å²) in [5, 5.41) is 4.93. The molecular formula is C14H17F3N4O2. The molecule has 0 radical (unpaired) electrons. The first-order chi connectivity index (χ1) is 10.7. The normalized spacial score (nSPS) is 18.3. The van der Waals surface area contributed by atoms with Gasteiger partial charge in [0, 0.05) is 12.7 Å². The van der Waals surface area contributed by atoms with E-state index < -0.39 is 17.6 Å². The molecule has 9 heteroatoms. The number of rotatable bonds is 4. The Bertz CT molecular complexity index is 604. The van der Waals surface area contributed by atoms with Crippen LogP contribution in [-0.2, 0) is 11.0 Å². The Balaban J connectivity index is 2.04. The molecule has 1 aliphatic heterocycles. The Labute approximate surface area is 131 Å². The highest BCUT2D eigenvalue weighted by Crippen LogP contribution is 2.29. The molecule has 1 atom stereocenters. The molecule has 3 amide bonds. The third kappa shape index (κ3) is 4.11. The van der Waals surface area contributed by atoms with Crippen molar-refractivity contribution in [2.24, 2.45) is 5.92 Å². The van der Waals surface area contributed by atoms with E-state index in [-0.39, 0.29) is 30.4 Å². The van der Waals surface area contributed by atoms with E-state index in [0.717, 1.165) is 18.3 Å². The lowest BCUT2D eigenvalue weighted by Crippen LogP contribution is -2.42. The molecule has 2 N–H and O–H groups in total. The number of anilines is 1. The van der Waals surface area contributed by atoms with E-state index in [1.54, 1.807) is 0 Å². The van der Waals surface area contributed by atoms with Gasteiger partial charge in [-0.25, -0.2) is 9.78 Å². The van der Waals surface area contributed by atoms with Crippen molar-refractivity contribution in [3.63, 3.8) is 0 Å². The summed E-state index contributed by atoms with van der Waals surface area (Å²) in [7, 11) is 0. The van der Waals surface area contributed by atoms with Crippen molar-refractivity contribution in [3.05, 3.63) is 23.9 Å². The lowest BCUT2D eigenvalue weighted by molar-refractivity contribution is -0.137. The zero-order valence-corrected chi connectivity index (χ0v) is 12.6. The SMILES string of the molecule is CC(C)[C@H]1CNC(=O)N1CC(=O)Nc1cc(C(F)(F)F)ccn1. The summed E-state index contributed by atoms with van der Waals surface area (Å²) < 4.78 is 37.9. The summed E-state index contributed by atoms with van der Waals surface area (Å²) in [4.78, 5) is 28.8. The molecule has 0 bridgehead atoms. The van der Waals surface area contributed by atoms with Crippen LogP contribution in [0.4, 0.5) is 23.8 Å². The van der Waals surface area contributed by atoms with Gasteiger partial charge in [0.15, 0.2) is 0 Å². The number of pyridine rings is 1. The van der Waals surface area contributed by atoms with Gasteiger partial charge in [0.1, 0.15) is 12.4 Å². The van der Waals surface area contributed by atoms with E-state index in [4.69, 9.17) is 0 Å². The van der Waals surface area contributed by atoms with Gasteiger partial charge >= 0.3 is 12.2 Å². The van der Waals surface area contributed by atoms with Gasteiger partial charge < -0.3 is 15.5 Å². The van der Waals surface area contributed by atoms with E-state index in [0.29, 0.717) is 6.54 Å². The number of nitrogens with one attached hydrogen (secondary N) is 2. The zero-order valence-electron chi connectivity index (χ0n) is 12.6. The molecule has 1 aliphatic rings. The Morgan fingerprint density at radius 2 is 2.22 bits per heavy atom. The quantitative estimate of drug-likeness (QED) is 0.888. The summed E-state index contributed by atoms with van der Waals surface area (Å²) in [5.74, 6) is -0.654. The van der Waals surface area contributed by atoms with E-state index in [2.05, 4.69) is 15.6 Å². The van der Waals surface area contributed by atoms with Crippen molar-refractivity contribution < 1.29 is 22.8 Å². The van der Waals surface area contributed by atoms with Gasteiger partial charge in [-0.15, -0.1) is 0 Å². The number of hydrogen-bond acceptors (Lipinski definition) is 3. The molecule has 2 heterocycles. The fourth-order valence-electron chi connectivity index (χ4n) is 2.35. The third-order valence-electron chi connectivity index (χ3n) is 3.56. The summed E-state index contributed by atoms with van der Waals surface area (Å²) in [6.07, 6.45) is -3.54. The van der Waals surface area contributed by atoms with Crippen molar-refractivity contribution in [2.75, 3.05) is 18.4 Å². The number of urea groups is 1. The average molecular weight is 330 g/mol. The van der Waals surface area contributed by atoms with Crippen molar-refractivity contribution in [1.82, 2.24) is 15.2 Å². The second-order valence-corrected chi connectivity index (χ2v) is 5.60. The Morgan fingerprint density at radius 1 is 1.52 bits per heavy atom.